The summed E-state index contributed by atoms with van der Waals surface area (Å²) >= 11 is 0. The van der Waals surface area contributed by atoms with E-state index in [0.29, 0.717) is 11.1 Å². The predicted molar refractivity (Wildman–Crippen MR) is 170 cm³/mol. The van der Waals surface area contributed by atoms with Gasteiger partial charge in [0.05, 0.1) is 5.92 Å². The Bertz CT molecular complexity index is 1340. The van der Waals surface area contributed by atoms with Crippen LogP contribution in [0.1, 0.15) is 90.8 Å². The molecule has 3 rings (SSSR count). The van der Waals surface area contributed by atoms with Crippen LogP contribution in [-0.2, 0) is 32.1 Å². The van der Waals surface area contributed by atoms with E-state index in [9.17, 15) is 19.5 Å². The van der Waals surface area contributed by atoms with Crippen LogP contribution in [0.2, 0.25) is 0 Å². The number of carbonyl (C=O) groups is 3. The Morgan fingerprint density at radius 1 is 0.977 bits per heavy atom. The molecule has 1 amide bonds. The Morgan fingerprint density at radius 2 is 1.59 bits per heavy atom. The number of carboxylic acid groups (broad SMARTS) is 1. The number of likely N-dealkylation sites (N-methyl/N-ethyl adjacent to an activating group) is 1. The summed E-state index contributed by atoms with van der Waals surface area (Å²) in [7, 11) is 1.24. The van der Waals surface area contributed by atoms with Crippen LogP contribution in [-0.4, -0.2) is 51.9 Å². The molecular weight excluding hydrogens is 561 g/mol. The van der Waals surface area contributed by atoms with Gasteiger partial charge in [0.15, 0.2) is 5.54 Å². The topological polar surface area (TPSA) is 93.1 Å². The first-order chi connectivity index (χ1) is 20.3. The van der Waals surface area contributed by atoms with Crippen LogP contribution in [0.5, 0.6) is 0 Å². The van der Waals surface area contributed by atoms with Gasteiger partial charge >= 0.3 is 18.0 Å². The second-order valence-electron chi connectivity index (χ2n) is 14.3. The van der Waals surface area contributed by atoms with E-state index in [1.165, 1.54) is 26.5 Å². The number of esters is 1. The molecule has 7 nitrogen and oxygen atoms in total. The van der Waals surface area contributed by atoms with Gasteiger partial charge in [-0.2, -0.15) is 0 Å². The second-order valence-corrected chi connectivity index (χ2v) is 14.3. The first-order valence-corrected chi connectivity index (χ1v) is 15.2. The van der Waals surface area contributed by atoms with Crippen molar-refractivity contribution in [2.24, 2.45) is 11.3 Å². The van der Waals surface area contributed by atoms with Crippen molar-refractivity contribution in [2.75, 3.05) is 7.05 Å². The SMILES string of the molecule is CN(C(=O)OC(C)(C)C)[C@](CC(C)(C)F)(C(=O)O)[C@@H](Cc1ccc(C2=CCC(C)(C)CC2)cc1)C(=O)OCc1ccccc1. The maximum Gasteiger partial charge on any atom is 0.411 e. The average molecular weight is 610 g/mol. The van der Waals surface area contributed by atoms with Crippen LogP contribution in [0.4, 0.5) is 9.18 Å². The van der Waals surface area contributed by atoms with Gasteiger partial charge in [0.25, 0.3) is 0 Å². The van der Waals surface area contributed by atoms with Gasteiger partial charge in [0.2, 0.25) is 0 Å². The monoisotopic (exact) mass is 609 g/mol. The summed E-state index contributed by atoms with van der Waals surface area (Å²) in [6, 6.07) is 16.6. The van der Waals surface area contributed by atoms with E-state index in [-0.39, 0.29) is 18.4 Å². The van der Waals surface area contributed by atoms with Crippen molar-refractivity contribution >= 4 is 23.6 Å². The molecule has 2 aromatic rings. The minimum Gasteiger partial charge on any atom is -0.479 e. The standard InChI is InChI=1S/C36H48FNO6/c1-33(2,3)44-32(42)38(8)36(31(40)41,24-35(6,7)37)29(30(39)43-23-26-12-10-9-11-13-26)22-25-14-16-27(17-15-25)28-18-20-34(4,5)21-19-28/h9-18,29H,19-24H2,1-8H3,(H,40,41)/t29-,36-/m0/s1. The van der Waals surface area contributed by atoms with Crippen molar-refractivity contribution in [1.82, 2.24) is 4.90 Å². The lowest BCUT2D eigenvalue weighted by Gasteiger charge is -2.44. The number of allylic oxidation sites excluding steroid dienone is 2. The van der Waals surface area contributed by atoms with Gasteiger partial charge in [-0.05, 0) is 88.0 Å². The highest BCUT2D eigenvalue weighted by Gasteiger charge is 2.58. The lowest BCUT2D eigenvalue weighted by Crippen LogP contribution is -2.65. The van der Waals surface area contributed by atoms with Crippen molar-refractivity contribution < 1.29 is 33.4 Å². The highest BCUT2D eigenvalue weighted by atomic mass is 19.1. The maximum atomic E-state index is 15.5. The molecule has 2 aromatic carbocycles. The van der Waals surface area contributed by atoms with E-state index >= 15 is 4.39 Å². The van der Waals surface area contributed by atoms with Crippen LogP contribution in [0.3, 0.4) is 0 Å². The minimum absolute atomic E-state index is 0.102. The van der Waals surface area contributed by atoms with Crippen LogP contribution < -0.4 is 0 Å². The fraction of sp³-hybridized carbons (Fsp3) is 0.528. The van der Waals surface area contributed by atoms with Gasteiger partial charge in [-0.15, -0.1) is 0 Å². The summed E-state index contributed by atoms with van der Waals surface area (Å²) in [6.45, 7) is 11.8. The molecule has 0 saturated heterocycles. The number of aliphatic carboxylic acids is 1. The number of carbonyl (C=O) groups excluding carboxylic acids is 2. The van der Waals surface area contributed by atoms with E-state index in [4.69, 9.17) is 9.47 Å². The predicted octanol–water partition coefficient (Wildman–Crippen LogP) is 8.01. The number of hydrogen-bond donors (Lipinski definition) is 1. The van der Waals surface area contributed by atoms with Crippen LogP contribution >= 0.6 is 0 Å². The zero-order valence-corrected chi connectivity index (χ0v) is 27.4. The van der Waals surface area contributed by atoms with Crippen LogP contribution in [0, 0.1) is 11.3 Å². The summed E-state index contributed by atoms with van der Waals surface area (Å²) in [5.41, 5.74) is -1.41. The van der Waals surface area contributed by atoms with E-state index in [1.807, 2.05) is 30.3 Å². The van der Waals surface area contributed by atoms with Crippen LogP contribution in [0.25, 0.3) is 5.57 Å². The molecule has 0 spiro atoms. The maximum absolute atomic E-state index is 15.5. The normalized spacial score (nSPS) is 17.1. The zero-order valence-electron chi connectivity index (χ0n) is 27.4. The van der Waals surface area contributed by atoms with Gasteiger partial charge in [0.1, 0.15) is 17.9 Å². The summed E-state index contributed by atoms with van der Waals surface area (Å²) < 4.78 is 26.7. The number of nitrogens with zero attached hydrogens (tertiary/aromatic N) is 1. The smallest absolute Gasteiger partial charge is 0.411 e. The third kappa shape index (κ3) is 9.16. The number of hydrogen-bond acceptors (Lipinski definition) is 5. The molecule has 0 bridgehead atoms. The van der Waals surface area contributed by atoms with Gasteiger partial charge in [-0.25, -0.2) is 14.0 Å². The molecule has 2 atom stereocenters. The molecule has 0 saturated carbocycles. The van der Waals surface area contributed by atoms with E-state index < -0.39 is 47.2 Å². The molecule has 1 aliphatic carbocycles. The van der Waals surface area contributed by atoms with Crippen molar-refractivity contribution in [3.8, 4) is 0 Å². The van der Waals surface area contributed by atoms with Gasteiger partial charge in [0, 0.05) is 13.5 Å². The number of amides is 1. The lowest BCUT2D eigenvalue weighted by molar-refractivity contribution is -0.171. The third-order valence-electron chi connectivity index (χ3n) is 8.15. The number of halogens is 1. The van der Waals surface area contributed by atoms with E-state index in [2.05, 4.69) is 19.9 Å². The van der Waals surface area contributed by atoms with Crippen molar-refractivity contribution in [1.29, 1.82) is 0 Å². The summed E-state index contributed by atoms with van der Waals surface area (Å²) in [5, 5.41) is 10.8. The highest BCUT2D eigenvalue weighted by Crippen LogP contribution is 2.40. The number of benzene rings is 2. The molecule has 0 heterocycles. The quantitative estimate of drug-likeness (QED) is 0.260. The van der Waals surface area contributed by atoms with E-state index in [1.54, 1.807) is 45.0 Å². The minimum atomic E-state index is -2.33. The Labute approximate surface area is 261 Å². The number of alkyl halides is 1. The third-order valence-corrected chi connectivity index (χ3v) is 8.15. The highest BCUT2D eigenvalue weighted by molar-refractivity contribution is 5.91. The second kappa shape index (κ2) is 13.5. The fourth-order valence-electron chi connectivity index (χ4n) is 5.68. The summed E-state index contributed by atoms with van der Waals surface area (Å²) in [5.74, 6) is -3.83. The summed E-state index contributed by atoms with van der Waals surface area (Å²) in [6.07, 6.45) is 3.52. The first-order valence-electron chi connectivity index (χ1n) is 15.2. The largest absolute Gasteiger partial charge is 0.479 e. The molecule has 0 fully saturated rings. The Kier molecular flexibility index (Phi) is 10.7. The van der Waals surface area contributed by atoms with Gasteiger partial charge in [-0.3, -0.25) is 9.69 Å². The van der Waals surface area contributed by atoms with Crippen molar-refractivity contribution in [3.05, 3.63) is 77.4 Å². The van der Waals surface area contributed by atoms with Crippen molar-refractivity contribution in [2.45, 2.75) is 104 Å². The Morgan fingerprint density at radius 3 is 2.09 bits per heavy atom. The zero-order chi connectivity index (χ0) is 32.9. The van der Waals surface area contributed by atoms with Gasteiger partial charge in [-0.1, -0.05) is 74.5 Å². The van der Waals surface area contributed by atoms with Crippen molar-refractivity contribution in [3.63, 3.8) is 0 Å². The van der Waals surface area contributed by atoms with E-state index in [0.717, 1.165) is 29.7 Å². The fourth-order valence-corrected chi connectivity index (χ4v) is 5.68. The Hall–Kier alpha value is -3.68. The Balaban J connectivity index is 2.07. The molecule has 0 unspecified atom stereocenters. The van der Waals surface area contributed by atoms with Crippen LogP contribution in [0.15, 0.2) is 60.7 Å². The molecule has 240 valence electrons. The number of carboxylic acids is 1. The lowest BCUT2D eigenvalue weighted by atomic mass is 9.72. The molecule has 0 radical (unpaired) electrons. The van der Waals surface area contributed by atoms with Gasteiger partial charge < -0.3 is 14.6 Å². The molecule has 8 heteroatoms. The summed E-state index contributed by atoms with van der Waals surface area (Å²) in [4.78, 5) is 41.5. The first kappa shape index (κ1) is 34.8. The number of rotatable bonds is 11. The molecule has 1 N–H and O–H groups in total. The molecule has 0 aliphatic heterocycles. The molecule has 0 aromatic heterocycles. The molecule has 1 aliphatic rings. The molecular formula is C36H48FNO6. The molecule has 44 heavy (non-hydrogen) atoms. The average Bonchev–Trinajstić information content (AvgIpc) is 2.92. The number of ether oxygens (including phenoxy) is 2.